The van der Waals surface area contributed by atoms with Crippen molar-refractivity contribution in [3.05, 3.63) is 29.8 Å². The summed E-state index contributed by atoms with van der Waals surface area (Å²) >= 11 is 1.83. The molecule has 2 heterocycles. The quantitative estimate of drug-likeness (QED) is 0.902. The molecule has 1 N–H and O–H groups in total. The molecule has 3 aliphatic rings. The fraction of sp³-hybridized carbons (Fsp3) is 0.611. The summed E-state index contributed by atoms with van der Waals surface area (Å²) in [5.74, 6) is 2.28. The van der Waals surface area contributed by atoms with Crippen LogP contribution in [0.25, 0.3) is 0 Å². The SMILES string of the molecule is Cl.O=C(C1CSc2ccccc21)N1CCC(NCC2CC2)CC1. The normalized spacial score (nSPS) is 24.2. The van der Waals surface area contributed by atoms with E-state index in [1.165, 1.54) is 29.8 Å². The minimum absolute atomic E-state index is 0. The molecule has 0 bridgehead atoms. The van der Waals surface area contributed by atoms with E-state index in [2.05, 4.69) is 34.5 Å². The second kappa shape index (κ2) is 7.45. The van der Waals surface area contributed by atoms with Gasteiger partial charge in [-0.15, -0.1) is 24.2 Å². The summed E-state index contributed by atoms with van der Waals surface area (Å²) in [5, 5.41) is 3.69. The molecule has 0 aromatic heterocycles. The zero-order valence-corrected chi connectivity index (χ0v) is 15.0. The Labute approximate surface area is 149 Å². The van der Waals surface area contributed by atoms with Crippen LogP contribution < -0.4 is 5.32 Å². The molecule has 0 radical (unpaired) electrons. The van der Waals surface area contributed by atoms with Crippen molar-refractivity contribution in [1.82, 2.24) is 10.2 Å². The molecule has 2 fully saturated rings. The highest BCUT2D eigenvalue weighted by atomic mass is 35.5. The van der Waals surface area contributed by atoms with Crippen molar-refractivity contribution in [2.24, 2.45) is 5.92 Å². The standard InChI is InChI=1S/C18H24N2OS.ClH/c21-18(16-12-22-17-4-2-1-3-15(16)17)20-9-7-14(8-10-20)19-11-13-5-6-13;/h1-4,13-14,16,19H,5-12H2;1H. The Morgan fingerprint density at radius 2 is 1.91 bits per heavy atom. The molecule has 0 spiro atoms. The second-order valence-corrected chi connectivity index (χ2v) is 7.91. The number of fused-ring (bicyclic) bond motifs is 1. The Bertz CT molecular complexity index is 556. The number of amides is 1. The highest BCUT2D eigenvalue weighted by Crippen LogP contribution is 2.40. The van der Waals surface area contributed by atoms with E-state index in [-0.39, 0.29) is 18.3 Å². The average molecular weight is 353 g/mol. The van der Waals surface area contributed by atoms with Crippen LogP contribution in [-0.2, 0) is 4.79 Å². The number of piperidine rings is 1. The number of benzene rings is 1. The number of hydrogen-bond donors (Lipinski definition) is 1. The molecule has 1 saturated carbocycles. The third-order valence-electron chi connectivity index (χ3n) is 5.20. The van der Waals surface area contributed by atoms with Gasteiger partial charge >= 0.3 is 0 Å². The molecule has 1 atom stereocenters. The predicted molar refractivity (Wildman–Crippen MR) is 97.5 cm³/mol. The highest BCUT2D eigenvalue weighted by molar-refractivity contribution is 7.99. The van der Waals surface area contributed by atoms with Crippen molar-refractivity contribution >= 4 is 30.1 Å². The third kappa shape index (κ3) is 3.86. The molecule has 3 nitrogen and oxygen atoms in total. The molecule has 1 saturated heterocycles. The van der Waals surface area contributed by atoms with E-state index in [9.17, 15) is 4.79 Å². The van der Waals surface area contributed by atoms with Crippen LogP contribution in [0.1, 0.15) is 37.2 Å². The van der Waals surface area contributed by atoms with Gasteiger partial charge in [-0.3, -0.25) is 4.79 Å². The molecule has 1 amide bonds. The van der Waals surface area contributed by atoms with E-state index in [4.69, 9.17) is 0 Å². The van der Waals surface area contributed by atoms with Gasteiger partial charge in [-0.2, -0.15) is 0 Å². The number of nitrogens with zero attached hydrogens (tertiary/aromatic N) is 1. The zero-order valence-electron chi connectivity index (χ0n) is 13.4. The summed E-state index contributed by atoms with van der Waals surface area (Å²) in [6, 6.07) is 9.01. The number of carbonyl (C=O) groups excluding carboxylic acids is 1. The van der Waals surface area contributed by atoms with Gasteiger partial charge in [0.15, 0.2) is 0 Å². The molecule has 1 aromatic rings. The monoisotopic (exact) mass is 352 g/mol. The second-order valence-electron chi connectivity index (χ2n) is 6.85. The van der Waals surface area contributed by atoms with Crippen LogP contribution in [0.5, 0.6) is 0 Å². The maximum atomic E-state index is 12.8. The third-order valence-corrected chi connectivity index (χ3v) is 6.38. The maximum Gasteiger partial charge on any atom is 0.231 e. The first-order valence-corrected chi connectivity index (χ1v) is 9.54. The summed E-state index contributed by atoms with van der Waals surface area (Å²) in [6.45, 7) is 3.03. The Morgan fingerprint density at radius 1 is 1.17 bits per heavy atom. The molecule has 1 aliphatic carbocycles. The Balaban J connectivity index is 0.00000156. The Morgan fingerprint density at radius 3 is 2.65 bits per heavy atom. The zero-order chi connectivity index (χ0) is 14.9. The number of rotatable bonds is 4. The van der Waals surface area contributed by atoms with E-state index in [1.54, 1.807) is 0 Å². The van der Waals surface area contributed by atoms with Crippen LogP contribution >= 0.6 is 24.2 Å². The Kier molecular flexibility index (Phi) is 5.55. The minimum Gasteiger partial charge on any atom is -0.342 e. The largest absolute Gasteiger partial charge is 0.342 e. The summed E-state index contributed by atoms with van der Waals surface area (Å²) in [6.07, 6.45) is 5.03. The maximum absolute atomic E-state index is 12.8. The number of carbonyl (C=O) groups is 1. The van der Waals surface area contributed by atoms with Crippen LogP contribution in [0.4, 0.5) is 0 Å². The molecular weight excluding hydrogens is 328 g/mol. The van der Waals surface area contributed by atoms with Crippen molar-refractivity contribution in [2.75, 3.05) is 25.4 Å². The molecule has 23 heavy (non-hydrogen) atoms. The van der Waals surface area contributed by atoms with Gasteiger partial charge in [0.25, 0.3) is 0 Å². The molecular formula is C18H25ClN2OS. The lowest BCUT2D eigenvalue weighted by Crippen LogP contribution is -2.46. The van der Waals surface area contributed by atoms with E-state index < -0.39 is 0 Å². The summed E-state index contributed by atoms with van der Waals surface area (Å²) in [7, 11) is 0. The van der Waals surface area contributed by atoms with Crippen molar-refractivity contribution in [3.8, 4) is 0 Å². The molecule has 1 aromatic carbocycles. The van der Waals surface area contributed by atoms with Crippen LogP contribution in [0.15, 0.2) is 29.2 Å². The van der Waals surface area contributed by atoms with Crippen LogP contribution in [0.3, 0.4) is 0 Å². The van der Waals surface area contributed by atoms with E-state index in [0.717, 1.165) is 37.6 Å². The molecule has 4 rings (SSSR count). The van der Waals surface area contributed by atoms with Crippen molar-refractivity contribution in [2.45, 2.75) is 42.5 Å². The molecule has 2 aliphatic heterocycles. The predicted octanol–water partition coefficient (Wildman–Crippen LogP) is 3.29. The molecule has 5 heteroatoms. The van der Waals surface area contributed by atoms with Gasteiger partial charge < -0.3 is 10.2 Å². The minimum atomic E-state index is 0. The summed E-state index contributed by atoms with van der Waals surface area (Å²) in [5.41, 5.74) is 1.24. The summed E-state index contributed by atoms with van der Waals surface area (Å²) in [4.78, 5) is 16.2. The van der Waals surface area contributed by atoms with Gasteiger partial charge in [0, 0.05) is 29.8 Å². The number of hydrogen-bond acceptors (Lipinski definition) is 3. The molecule has 126 valence electrons. The van der Waals surface area contributed by atoms with Crippen molar-refractivity contribution < 1.29 is 4.79 Å². The fourth-order valence-electron chi connectivity index (χ4n) is 3.55. The number of likely N-dealkylation sites (tertiary alicyclic amines) is 1. The van der Waals surface area contributed by atoms with E-state index >= 15 is 0 Å². The van der Waals surface area contributed by atoms with Crippen LogP contribution in [-0.4, -0.2) is 42.2 Å². The van der Waals surface area contributed by atoms with Gasteiger partial charge in [0.1, 0.15) is 0 Å². The van der Waals surface area contributed by atoms with Gasteiger partial charge in [0.05, 0.1) is 5.92 Å². The van der Waals surface area contributed by atoms with Gasteiger partial charge in [-0.1, -0.05) is 18.2 Å². The van der Waals surface area contributed by atoms with Crippen LogP contribution in [0, 0.1) is 5.92 Å². The van der Waals surface area contributed by atoms with Gasteiger partial charge in [-0.05, 0) is 49.8 Å². The van der Waals surface area contributed by atoms with Crippen molar-refractivity contribution in [1.29, 1.82) is 0 Å². The lowest BCUT2D eigenvalue weighted by atomic mass is 9.97. The first-order valence-electron chi connectivity index (χ1n) is 8.55. The average Bonchev–Trinajstić information content (AvgIpc) is 3.30. The van der Waals surface area contributed by atoms with Crippen molar-refractivity contribution in [3.63, 3.8) is 0 Å². The lowest BCUT2D eigenvalue weighted by molar-refractivity contribution is -0.133. The number of thioether (sulfide) groups is 1. The van der Waals surface area contributed by atoms with Gasteiger partial charge in [-0.25, -0.2) is 0 Å². The highest BCUT2D eigenvalue weighted by Gasteiger charge is 2.34. The smallest absolute Gasteiger partial charge is 0.231 e. The van der Waals surface area contributed by atoms with E-state index in [1.807, 2.05) is 11.8 Å². The number of halogens is 1. The first kappa shape index (κ1) is 17.1. The molecule has 1 unspecified atom stereocenters. The summed E-state index contributed by atoms with van der Waals surface area (Å²) < 4.78 is 0. The van der Waals surface area contributed by atoms with E-state index in [0.29, 0.717) is 11.9 Å². The Hall–Kier alpha value is -0.710. The fourth-order valence-corrected chi connectivity index (χ4v) is 4.77. The van der Waals surface area contributed by atoms with Crippen LogP contribution in [0.2, 0.25) is 0 Å². The lowest BCUT2D eigenvalue weighted by Gasteiger charge is -2.34. The topological polar surface area (TPSA) is 32.3 Å². The first-order chi connectivity index (χ1) is 10.8. The number of nitrogens with one attached hydrogen (secondary N) is 1. The van der Waals surface area contributed by atoms with Gasteiger partial charge in [0.2, 0.25) is 5.91 Å².